The highest BCUT2D eigenvalue weighted by atomic mass is 35.5. The number of halogens is 4. The van der Waals surface area contributed by atoms with Gasteiger partial charge in [0.2, 0.25) is 15.9 Å². The molecule has 0 atom stereocenters. The Labute approximate surface area is 183 Å². The summed E-state index contributed by atoms with van der Waals surface area (Å²) in [6, 6.07) is 9.11. The number of carbonyl (C=O) groups excluding carboxylic acids is 1. The molecule has 1 saturated heterocycles. The molecule has 5 nitrogen and oxygen atoms in total. The van der Waals surface area contributed by atoms with Crippen molar-refractivity contribution in [2.75, 3.05) is 18.4 Å². The van der Waals surface area contributed by atoms with E-state index in [-0.39, 0.29) is 39.9 Å². The number of piperidine rings is 1. The fourth-order valence-electron chi connectivity index (χ4n) is 3.00. The van der Waals surface area contributed by atoms with Gasteiger partial charge in [0.25, 0.3) is 0 Å². The van der Waals surface area contributed by atoms with Crippen LogP contribution in [-0.4, -0.2) is 31.7 Å². The number of nitrogens with one attached hydrogen (secondary N) is 1. The number of carbonyl (C=O) groups is 1. The zero-order chi connectivity index (χ0) is 20.5. The van der Waals surface area contributed by atoms with E-state index in [1.165, 1.54) is 22.5 Å². The molecular formula is C18H16Cl4N2O3S. The molecule has 1 amide bonds. The molecule has 1 aliphatic rings. The Balaban J connectivity index is 1.67. The molecule has 1 aliphatic heterocycles. The summed E-state index contributed by atoms with van der Waals surface area (Å²) in [7, 11) is -3.79. The van der Waals surface area contributed by atoms with E-state index in [1.807, 2.05) is 0 Å². The first-order chi connectivity index (χ1) is 13.2. The molecule has 10 heteroatoms. The molecular weight excluding hydrogens is 466 g/mol. The number of sulfonamides is 1. The van der Waals surface area contributed by atoms with E-state index in [9.17, 15) is 13.2 Å². The van der Waals surface area contributed by atoms with E-state index < -0.39 is 10.0 Å². The van der Waals surface area contributed by atoms with Gasteiger partial charge in [-0.25, -0.2) is 8.42 Å². The smallest absolute Gasteiger partial charge is 0.244 e. The lowest BCUT2D eigenvalue weighted by Crippen LogP contribution is -2.41. The van der Waals surface area contributed by atoms with E-state index in [1.54, 1.807) is 18.2 Å². The highest BCUT2D eigenvalue weighted by Gasteiger charge is 2.33. The third-order valence-electron chi connectivity index (χ3n) is 4.52. The van der Waals surface area contributed by atoms with Gasteiger partial charge < -0.3 is 5.32 Å². The third-order valence-corrected chi connectivity index (χ3v) is 7.70. The van der Waals surface area contributed by atoms with E-state index in [2.05, 4.69) is 5.32 Å². The number of hydrogen-bond donors (Lipinski definition) is 1. The van der Waals surface area contributed by atoms with Gasteiger partial charge in [0.05, 0.1) is 15.7 Å². The van der Waals surface area contributed by atoms with Crippen LogP contribution < -0.4 is 5.32 Å². The first kappa shape index (κ1) is 21.7. The Morgan fingerprint density at radius 3 is 2.14 bits per heavy atom. The van der Waals surface area contributed by atoms with Crippen molar-refractivity contribution in [3.63, 3.8) is 0 Å². The van der Waals surface area contributed by atoms with Gasteiger partial charge in [-0.2, -0.15) is 4.31 Å². The maximum atomic E-state index is 12.9. The predicted molar refractivity (Wildman–Crippen MR) is 113 cm³/mol. The Kier molecular flexibility index (Phi) is 6.80. The SMILES string of the molecule is O=C(Nc1cc(Cl)ccc1Cl)C1CCN(S(=O)(=O)c2cc(Cl)ccc2Cl)CC1. The van der Waals surface area contributed by atoms with Crippen LogP contribution in [0.5, 0.6) is 0 Å². The Hall–Kier alpha value is -1.02. The summed E-state index contributed by atoms with van der Waals surface area (Å²) in [6.07, 6.45) is 0.753. The van der Waals surface area contributed by atoms with E-state index in [4.69, 9.17) is 46.4 Å². The van der Waals surface area contributed by atoms with Gasteiger partial charge in [-0.05, 0) is 49.2 Å². The van der Waals surface area contributed by atoms with Crippen LogP contribution >= 0.6 is 46.4 Å². The predicted octanol–water partition coefficient (Wildman–Crippen LogP) is 5.34. The van der Waals surface area contributed by atoms with Crippen molar-refractivity contribution in [3.05, 3.63) is 56.5 Å². The molecule has 0 saturated carbocycles. The molecule has 0 bridgehead atoms. The van der Waals surface area contributed by atoms with Gasteiger partial charge in [-0.3, -0.25) is 4.79 Å². The molecule has 3 rings (SSSR count). The summed E-state index contributed by atoms with van der Waals surface area (Å²) in [4.78, 5) is 12.5. The quantitative estimate of drug-likeness (QED) is 0.640. The second kappa shape index (κ2) is 8.78. The Morgan fingerprint density at radius 2 is 1.50 bits per heavy atom. The maximum absolute atomic E-state index is 12.9. The Bertz CT molecular complexity index is 1010. The molecule has 28 heavy (non-hydrogen) atoms. The first-order valence-electron chi connectivity index (χ1n) is 8.39. The second-order valence-corrected chi connectivity index (χ2v) is 9.96. The van der Waals surface area contributed by atoms with Crippen molar-refractivity contribution in [2.24, 2.45) is 5.92 Å². The monoisotopic (exact) mass is 480 g/mol. The number of rotatable bonds is 4. The molecule has 1 heterocycles. The number of nitrogens with zero attached hydrogens (tertiary/aromatic N) is 1. The fourth-order valence-corrected chi connectivity index (χ4v) is 5.54. The van der Waals surface area contributed by atoms with Crippen molar-refractivity contribution in [1.29, 1.82) is 0 Å². The standard InChI is InChI=1S/C18H16Cl4N2O3S/c19-12-1-3-14(21)16(9-12)23-18(25)11-5-7-24(8-6-11)28(26,27)17-10-13(20)2-4-15(17)22/h1-4,9-11H,5-8H2,(H,23,25). The molecule has 1 N–H and O–H groups in total. The molecule has 150 valence electrons. The summed E-state index contributed by atoms with van der Waals surface area (Å²) < 4.78 is 27.0. The highest BCUT2D eigenvalue weighted by molar-refractivity contribution is 7.89. The summed E-state index contributed by atoms with van der Waals surface area (Å²) in [5, 5.41) is 4.00. The van der Waals surface area contributed by atoms with Crippen LogP contribution in [0.1, 0.15) is 12.8 Å². The molecule has 1 fully saturated rings. The van der Waals surface area contributed by atoms with Gasteiger partial charge in [0.15, 0.2) is 0 Å². The topological polar surface area (TPSA) is 66.5 Å². The normalized spacial score (nSPS) is 16.1. The minimum absolute atomic E-state index is 0.0322. The molecule has 0 unspecified atom stereocenters. The number of amides is 1. The van der Waals surface area contributed by atoms with Crippen LogP contribution in [0.4, 0.5) is 5.69 Å². The van der Waals surface area contributed by atoms with Crippen molar-refractivity contribution in [2.45, 2.75) is 17.7 Å². The van der Waals surface area contributed by atoms with Crippen LogP contribution in [0.3, 0.4) is 0 Å². The van der Waals surface area contributed by atoms with Crippen LogP contribution in [-0.2, 0) is 14.8 Å². The average molecular weight is 482 g/mol. The summed E-state index contributed by atoms with van der Waals surface area (Å²) >= 11 is 24.0. The van der Waals surface area contributed by atoms with Crippen LogP contribution in [0, 0.1) is 5.92 Å². The van der Waals surface area contributed by atoms with Gasteiger partial charge in [-0.15, -0.1) is 0 Å². The number of hydrogen-bond acceptors (Lipinski definition) is 3. The second-order valence-electron chi connectivity index (χ2n) is 6.37. The maximum Gasteiger partial charge on any atom is 0.244 e. The zero-order valence-corrected chi connectivity index (χ0v) is 18.3. The lowest BCUT2D eigenvalue weighted by atomic mass is 9.97. The highest BCUT2D eigenvalue weighted by Crippen LogP contribution is 2.31. The van der Waals surface area contributed by atoms with Crippen molar-refractivity contribution < 1.29 is 13.2 Å². The zero-order valence-electron chi connectivity index (χ0n) is 14.5. The van der Waals surface area contributed by atoms with Gasteiger partial charge >= 0.3 is 0 Å². The molecule has 2 aromatic carbocycles. The van der Waals surface area contributed by atoms with E-state index in [0.29, 0.717) is 28.6 Å². The largest absolute Gasteiger partial charge is 0.324 e. The molecule has 0 spiro atoms. The van der Waals surface area contributed by atoms with Crippen LogP contribution in [0.25, 0.3) is 0 Å². The molecule has 0 aliphatic carbocycles. The molecule has 0 radical (unpaired) electrons. The number of benzene rings is 2. The van der Waals surface area contributed by atoms with E-state index >= 15 is 0 Å². The van der Waals surface area contributed by atoms with Crippen molar-refractivity contribution in [3.8, 4) is 0 Å². The van der Waals surface area contributed by atoms with Gasteiger partial charge in [0, 0.05) is 29.1 Å². The summed E-state index contributed by atoms with van der Waals surface area (Å²) in [6.45, 7) is 0.402. The van der Waals surface area contributed by atoms with Crippen molar-refractivity contribution >= 4 is 68.0 Å². The molecule has 0 aromatic heterocycles. The Morgan fingerprint density at radius 1 is 0.929 bits per heavy atom. The van der Waals surface area contributed by atoms with Gasteiger partial charge in [0.1, 0.15) is 4.90 Å². The minimum atomic E-state index is -3.79. The van der Waals surface area contributed by atoms with E-state index in [0.717, 1.165) is 0 Å². The van der Waals surface area contributed by atoms with Gasteiger partial charge in [-0.1, -0.05) is 46.4 Å². The average Bonchev–Trinajstić information content (AvgIpc) is 2.66. The van der Waals surface area contributed by atoms with Crippen molar-refractivity contribution in [1.82, 2.24) is 4.31 Å². The lowest BCUT2D eigenvalue weighted by Gasteiger charge is -2.30. The number of anilines is 1. The summed E-state index contributed by atoms with van der Waals surface area (Å²) in [5.41, 5.74) is 0.430. The third kappa shape index (κ3) is 4.75. The minimum Gasteiger partial charge on any atom is -0.324 e. The lowest BCUT2D eigenvalue weighted by molar-refractivity contribution is -0.120. The van der Waals surface area contributed by atoms with Crippen LogP contribution in [0.15, 0.2) is 41.3 Å². The summed E-state index contributed by atoms with van der Waals surface area (Å²) in [5.74, 6) is -0.557. The fraction of sp³-hybridized carbons (Fsp3) is 0.278. The first-order valence-corrected chi connectivity index (χ1v) is 11.3. The molecule has 2 aromatic rings. The van der Waals surface area contributed by atoms with Crippen LogP contribution in [0.2, 0.25) is 20.1 Å².